The van der Waals surface area contributed by atoms with E-state index in [1.54, 1.807) is 0 Å². The molecule has 0 spiro atoms. The molecule has 0 heterocycles. The van der Waals surface area contributed by atoms with Gasteiger partial charge in [0, 0.05) is 0 Å². The van der Waals surface area contributed by atoms with Gasteiger partial charge in [-0.25, -0.2) is 0 Å². The molecule has 0 bridgehead atoms. The lowest BCUT2D eigenvalue weighted by atomic mass is 10.5. The number of halogens is 3. The smallest absolute Gasteiger partial charge is 0.305 e. The van der Waals surface area contributed by atoms with Crippen molar-refractivity contribution in [2.45, 2.75) is 29.2 Å². The molecule has 2 rings (SSSR count). The number of hydrogen-bond acceptors (Lipinski definition) is 3. The molecule has 0 amide bonds. The Balaban J connectivity index is 1.89. The fraction of sp³-hybridized carbons (Fsp3) is 1.00. The largest absolute Gasteiger partial charge is 0.381 e. The standard InChI is InChI=1S/C9H14Cl3O3P/c10-9(11,12)16(13,14-5-7-1-2-7)15-6-8-3-4-8/h7-8H,1-6H2. The van der Waals surface area contributed by atoms with Crippen LogP contribution in [0.3, 0.4) is 0 Å². The van der Waals surface area contributed by atoms with Crippen molar-refractivity contribution in [3.63, 3.8) is 0 Å². The van der Waals surface area contributed by atoms with Crippen LogP contribution in [0, 0.1) is 11.8 Å². The molecule has 0 aromatic carbocycles. The maximum Gasteiger partial charge on any atom is 0.381 e. The van der Waals surface area contributed by atoms with Gasteiger partial charge in [0.15, 0.2) is 0 Å². The van der Waals surface area contributed by atoms with E-state index in [2.05, 4.69) is 0 Å². The Bertz CT molecular complexity index is 277. The average Bonchev–Trinajstić information content (AvgIpc) is 3.01. The zero-order valence-corrected chi connectivity index (χ0v) is 11.9. The van der Waals surface area contributed by atoms with E-state index in [1.165, 1.54) is 0 Å². The molecule has 16 heavy (non-hydrogen) atoms. The van der Waals surface area contributed by atoms with Gasteiger partial charge in [-0.15, -0.1) is 0 Å². The molecule has 0 saturated heterocycles. The number of alkyl halides is 3. The van der Waals surface area contributed by atoms with E-state index in [-0.39, 0.29) is 0 Å². The van der Waals surface area contributed by atoms with Gasteiger partial charge in [0.1, 0.15) is 0 Å². The van der Waals surface area contributed by atoms with Crippen LogP contribution in [0.4, 0.5) is 0 Å². The van der Waals surface area contributed by atoms with Crippen LogP contribution in [0.5, 0.6) is 0 Å². The summed E-state index contributed by atoms with van der Waals surface area (Å²) in [7, 11) is -3.63. The van der Waals surface area contributed by atoms with E-state index in [9.17, 15) is 4.57 Å². The normalized spacial score (nSPS) is 22.4. The summed E-state index contributed by atoms with van der Waals surface area (Å²) in [4.78, 5) is 0. The lowest BCUT2D eigenvalue weighted by Crippen LogP contribution is -2.13. The molecule has 2 fully saturated rings. The minimum Gasteiger partial charge on any atom is -0.305 e. The SMILES string of the molecule is O=P(OCC1CC1)(OCC1CC1)C(Cl)(Cl)Cl. The number of hydrogen-bond donors (Lipinski definition) is 0. The van der Waals surface area contributed by atoms with Crippen LogP contribution in [0.15, 0.2) is 0 Å². The molecule has 94 valence electrons. The lowest BCUT2D eigenvalue weighted by Gasteiger charge is -2.24. The molecule has 2 aliphatic rings. The van der Waals surface area contributed by atoms with Gasteiger partial charge in [-0.1, -0.05) is 34.8 Å². The molecular weight excluding hydrogens is 293 g/mol. The number of rotatable bonds is 6. The first kappa shape index (κ1) is 13.5. The lowest BCUT2D eigenvalue weighted by molar-refractivity contribution is 0.191. The molecule has 7 heteroatoms. The predicted molar refractivity (Wildman–Crippen MR) is 65.2 cm³/mol. The van der Waals surface area contributed by atoms with Crippen LogP contribution < -0.4 is 0 Å². The molecule has 0 atom stereocenters. The third-order valence-electron chi connectivity index (χ3n) is 2.66. The maximum atomic E-state index is 12.3. The summed E-state index contributed by atoms with van der Waals surface area (Å²) in [5, 5.41) is 0. The fourth-order valence-electron chi connectivity index (χ4n) is 1.16. The molecule has 0 aliphatic heterocycles. The van der Waals surface area contributed by atoms with Crippen molar-refractivity contribution >= 4 is 42.4 Å². The molecule has 0 radical (unpaired) electrons. The predicted octanol–water partition coefficient (Wildman–Crippen LogP) is 4.36. The van der Waals surface area contributed by atoms with Crippen molar-refractivity contribution in [3.8, 4) is 0 Å². The van der Waals surface area contributed by atoms with Crippen molar-refractivity contribution in [1.82, 2.24) is 0 Å². The minimum atomic E-state index is -3.63. The Kier molecular flexibility index (Phi) is 4.16. The summed E-state index contributed by atoms with van der Waals surface area (Å²) in [5.41, 5.74) is 0. The Morgan fingerprint density at radius 1 is 1.00 bits per heavy atom. The first-order valence-corrected chi connectivity index (χ1v) is 8.04. The monoisotopic (exact) mass is 306 g/mol. The van der Waals surface area contributed by atoms with Gasteiger partial charge in [0.2, 0.25) is 0 Å². The van der Waals surface area contributed by atoms with Crippen LogP contribution in [0.2, 0.25) is 0 Å². The molecule has 0 aromatic rings. The fourth-order valence-corrected chi connectivity index (χ4v) is 3.22. The molecule has 3 nitrogen and oxygen atoms in total. The van der Waals surface area contributed by atoms with Crippen molar-refractivity contribution in [2.24, 2.45) is 11.8 Å². The van der Waals surface area contributed by atoms with Crippen LogP contribution >= 0.6 is 42.4 Å². The zero-order valence-electron chi connectivity index (χ0n) is 8.70. The molecule has 0 N–H and O–H groups in total. The topological polar surface area (TPSA) is 35.5 Å². The third-order valence-corrected chi connectivity index (χ3v) is 6.13. The Hall–Kier alpha value is 1.02. The molecule has 0 aromatic heterocycles. The highest BCUT2D eigenvalue weighted by Gasteiger charge is 2.49. The van der Waals surface area contributed by atoms with Gasteiger partial charge in [-0.05, 0) is 37.5 Å². The van der Waals surface area contributed by atoms with Crippen molar-refractivity contribution in [1.29, 1.82) is 0 Å². The highest BCUT2D eigenvalue weighted by Crippen LogP contribution is 2.67. The zero-order chi connectivity index (χ0) is 11.8. The van der Waals surface area contributed by atoms with E-state index < -0.39 is 11.1 Å². The van der Waals surface area contributed by atoms with Crippen LogP contribution in [0.1, 0.15) is 25.7 Å². The maximum absolute atomic E-state index is 12.3. The molecule has 2 aliphatic carbocycles. The third kappa shape index (κ3) is 3.76. The van der Waals surface area contributed by atoms with Crippen LogP contribution in [0.25, 0.3) is 0 Å². The quantitative estimate of drug-likeness (QED) is 0.540. The second kappa shape index (κ2) is 4.95. The van der Waals surface area contributed by atoms with Crippen molar-refractivity contribution in [3.05, 3.63) is 0 Å². The summed E-state index contributed by atoms with van der Waals surface area (Å²) in [5.74, 6) is 0.899. The Labute approximate surface area is 110 Å². The summed E-state index contributed by atoms with van der Waals surface area (Å²) in [6, 6.07) is 0. The highest BCUT2D eigenvalue weighted by molar-refractivity contribution is 7.62. The van der Waals surface area contributed by atoms with Gasteiger partial charge in [0.25, 0.3) is 3.53 Å². The average molecular weight is 308 g/mol. The van der Waals surface area contributed by atoms with E-state index in [0.29, 0.717) is 25.0 Å². The molecular formula is C9H14Cl3O3P. The van der Waals surface area contributed by atoms with Gasteiger partial charge in [-0.3, -0.25) is 4.57 Å². The van der Waals surface area contributed by atoms with E-state index in [0.717, 1.165) is 25.7 Å². The van der Waals surface area contributed by atoms with Crippen molar-refractivity contribution < 1.29 is 13.6 Å². The van der Waals surface area contributed by atoms with Crippen LogP contribution in [-0.4, -0.2) is 16.7 Å². The van der Waals surface area contributed by atoms with Crippen LogP contribution in [-0.2, 0) is 13.6 Å². The Morgan fingerprint density at radius 3 is 1.62 bits per heavy atom. The van der Waals surface area contributed by atoms with Gasteiger partial charge in [-0.2, -0.15) is 0 Å². The molecule has 0 unspecified atom stereocenters. The van der Waals surface area contributed by atoms with Crippen molar-refractivity contribution in [2.75, 3.05) is 13.2 Å². The first-order chi connectivity index (χ1) is 7.41. The molecule has 2 saturated carbocycles. The van der Waals surface area contributed by atoms with E-state index in [4.69, 9.17) is 43.9 Å². The first-order valence-electron chi connectivity index (χ1n) is 5.37. The van der Waals surface area contributed by atoms with E-state index >= 15 is 0 Å². The summed E-state index contributed by atoms with van der Waals surface area (Å²) in [6.45, 7) is 0.714. The van der Waals surface area contributed by atoms with Gasteiger partial charge >= 0.3 is 7.60 Å². The highest BCUT2D eigenvalue weighted by atomic mass is 35.6. The van der Waals surface area contributed by atoms with E-state index in [1.807, 2.05) is 0 Å². The summed E-state index contributed by atoms with van der Waals surface area (Å²) in [6.07, 6.45) is 4.34. The van der Waals surface area contributed by atoms with Gasteiger partial charge in [0.05, 0.1) is 13.2 Å². The second-order valence-electron chi connectivity index (χ2n) is 4.44. The van der Waals surface area contributed by atoms with Gasteiger partial charge < -0.3 is 9.05 Å². The second-order valence-corrected chi connectivity index (χ2v) is 9.70. The summed E-state index contributed by atoms with van der Waals surface area (Å²) >= 11 is 17.0. The minimum absolute atomic E-state index is 0.357. The Morgan fingerprint density at radius 2 is 1.38 bits per heavy atom. The summed E-state index contributed by atoms with van der Waals surface area (Å²) < 4.78 is 20.7.